The quantitative estimate of drug-likeness (QED) is 0.124. The molecule has 1 aromatic carbocycles. The number of amides is 1. The first-order valence-electron chi connectivity index (χ1n) is 13.1. The van der Waals surface area contributed by atoms with Crippen LogP contribution < -0.4 is 0 Å². The Bertz CT molecular complexity index is 807. The monoisotopic (exact) mass is 503 g/mol. The number of carbonyl (C=O) groups is 2. The number of benzene rings is 1. The number of thiocarbonyl (C=S) groups is 1. The van der Waals surface area contributed by atoms with E-state index in [2.05, 4.69) is 6.92 Å². The molecular weight excluding hydrogens is 462 g/mol. The number of unbranched alkanes of at least 4 members (excludes halogenated alkanes) is 13. The highest BCUT2D eigenvalue weighted by atomic mass is 32.2. The van der Waals surface area contributed by atoms with Crippen LogP contribution in [-0.4, -0.2) is 32.7 Å². The van der Waals surface area contributed by atoms with E-state index in [1.54, 1.807) is 0 Å². The summed E-state index contributed by atoms with van der Waals surface area (Å²) in [6.07, 6.45) is 19.2. The van der Waals surface area contributed by atoms with E-state index in [0.29, 0.717) is 9.23 Å². The average molecular weight is 504 g/mol. The van der Waals surface area contributed by atoms with Gasteiger partial charge in [-0.2, -0.15) is 0 Å². The highest BCUT2D eigenvalue weighted by Gasteiger charge is 2.35. The molecule has 0 spiro atoms. The molecule has 0 unspecified atom stereocenters. The SMILES string of the molecule is CCCCCCCCCCCCCCCC/C(=C1\SC(=S)N(CC(=O)O)C1=O)c1ccccc1. The summed E-state index contributed by atoms with van der Waals surface area (Å²) in [5.41, 5.74) is 2.01. The number of nitrogens with zero attached hydrogens (tertiary/aromatic N) is 1. The molecule has 1 aromatic rings. The largest absolute Gasteiger partial charge is 0.480 e. The number of carbonyl (C=O) groups excluding carboxylic acids is 1. The average Bonchev–Trinajstić information content (AvgIpc) is 3.10. The summed E-state index contributed by atoms with van der Waals surface area (Å²) in [6.45, 7) is 1.89. The molecular formula is C28H41NO3S2. The lowest BCUT2D eigenvalue weighted by molar-refractivity contribution is -0.140. The summed E-state index contributed by atoms with van der Waals surface area (Å²) in [7, 11) is 0. The molecule has 0 saturated carbocycles. The number of rotatable bonds is 18. The van der Waals surface area contributed by atoms with E-state index >= 15 is 0 Å². The van der Waals surface area contributed by atoms with E-state index in [-0.39, 0.29) is 12.5 Å². The first-order valence-corrected chi connectivity index (χ1v) is 14.3. The highest BCUT2D eigenvalue weighted by Crippen LogP contribution is 2.38. The normalized spacial score (nSPS) is 15.3. The second-order valence-corrected chi connectivity index (χ2v) is 10.8. The van der Waals surface area contributed by atoms with Crippen LogP contribution in [0.1, 0.15) is 109 Å². The molecule has 4 nitrogen and oxygen atoms in total. The molecule has 0 atom stereocenters. The Morgan fingerprint density at radius 1 is 0.853 bits per heavy atom. The van der Waals surface area contributed by atoms with E-state index in [1.165, 1.54) is 93.7 Å². The van der Waals surface area contributed by atoms with Crippen LogP contribution in [0.5, 0.6) is 0 Å². The Morgan fingerprint density at radius 2 is 1.35 bits per heavy atom. The number of hydrogen-bond donors (Lipinski definition) is 1. The predicted molar refractivity (Wildman–Crippen MR) is 148 cm³/mol. The molecule has 1 N–H and O–H groups in total. The van der Waals surface area contributed by atoms with Crippen molar-refractivity contribution in [2.45, 2.75) is 103 Å². The zero-order valence-corrected chi connectivity index (χ0v) is 22.4. The topological polar surface area (TPSA) is 57.6 Å². The van der Waals surface area contributed by atoms with Gasteiger partial charge in [0.2, 0.25) is 0 Å². The maximum Gasteiger partial charge on any atom is 0.323 e. The number of allylic oxidation sites excluding steroid dienone is 1. The van der Waals surface area contributed by atoms with E-state index < -0.39 is 5.97 Å². The molecule has 188 valence electrons. The van der Waals surface area contributed by atoms with Crippen molar-refractivity contribution in [3.8, 4) is 0 Å². The molecule has 1 aliphatic rings. The van der Waals surface area contributed by atoms with E-state index in [4.69, 9.17) is 17.3 Å². The van der Waals surface area contributed by atoms with Gasteiger partial charge in [0.25, 0.3) is 5.91 Å². The summed E-state index contributed by atoms with van der Waals surface area (Å²) in [4.78, 5) is 25.8. The van der Waals surface area contributed by atoms with Crippen molar-refractivity contribution in [2.75, 3.05) is 6.54 Å². The molecule has 0 aromatic heterocycles. The van der Waals surface area contributed by atoms with Gasteiger partial charge in [0, 0.05) is 0 Å². The summed E-state index contributed by atoms with van der Waals surface area (Å²) < 4.78 is 0.330. The fourth-order valence-electron chi connectivity index (χ4n) is 4.38. The number of thioether (sulfide) groups is 1. The van der Waals surface area contributed by atoms with Gasteiger partial charge in [-0.1, -0.05) is 145 Å². The lowest BCUT2D eigenvalue weighted by Gasteiger charge is -2.12. The van der Waals surface area contributed by atoms with Crippen LogP contribution in [0, 0.1) is 0 Å². The Hall–Kier alpha value is -1.66. The number of carboxylic acid groups (broad SMARTS) is 1. The minimum atomic E-state index is -1.05. The molecule has 6 heteroatoms. The van der Waals surface area contributed by atoms with Crippen LogP contribution >= 0.6 is 24.0 Å². The lowest BCUT2D eigenvalue weighted by Crippen LogP contribution is -2.33. The van der Waals surface area contributed by atoms with Crippen molar-refractivity contribution in [3.05, 3.63) is 40.8 Å². The summed E-state index contributed by atoms with van der Waals surface area (Å²) in [5.74, 6) is -1.33. The Labute approximate surface area is 215 Å². The van der Waals surface area contributed by atoms with Crippen LogP contribution in [0.2, 0.25) is 0 Å². The summed E-state index contributed by atoms with van der Waals surface area (Å²) >= 11 is 6.53. The van der Waals surface area contributed by atoms with Crippen LogP contribution in [0.25, 0.3) is 5.57 Å². The molecule has 0 bridgehead atoms. The summed E-state index contributed by atoms with van der Waals surface area (Å²) in [5, 5.41) is 9.12. The highest BCUT2D eigenvalue weighted by molar-refractivity contribution is 8.26. The van der Waals surface area contributed by atoms with Crippen molar-refractivity contribution >= 4 is 45.7 Å². The molecule has 1 saturated heterocycles. The predicted octanol–water partition coefficient (Wildman–Crippen LogP) is 8.21. The van der Waals surface area contributed by atoms with Crippen molar-refractivity contribution in [1.29, 1.82) is 0 Å². The third-order valence-corrected chi connectivity index (χ3v) is 7.81. The Balaban J connectivity index is 1.73. The van der Waals surface area contributed by atoms with Crippen molar-refractivity contribution in [1.82, 2.24) is 4.90 Å². The van der Waals surface area contributed by atoms with Gasteiger partial charge in [0.05, 0.1) is 4.91 Å². The van der Waals surface area contributed by atoms with Gasteiger partial charge in [0.1, 0.15) is 10.9 Å². The van der Waals surface area contributed by atoms with Gasteiger partial charge in [-0.15, -0.1) is 0 Å². The van der Waals surface area contributed by atoms with Gasteiger partial charge in [-0.05, 0) is 24.0 Å². The second-order valence-electron chi connectivity index (χ2n) is 9.17. The van der Waals surface area contributed by atoms with Crippen LogP contribution in [0.15, 0.2) is 35.2 Å². The van der Waals surface area contributed by atoms with E-state index in [1.807, 2.05) is 30.3 Å². The van der Waals surface area contributed by atoms with Gasteiger partial charge in [-0.25, -0.2) is 0 Å². The zero-order valence-electron chi connectivity index (χ0n) is 20.7. The molecule has 34 heavy (non-hydrogen) atoms. The molecule has 1 aliphatic heterocycles. The third kappa shape index (κ3) is 10.3. The fraction of sp³-hybridized carbons (Fsp3) is 0.607. The first kappa shape index (κ1) is 28.6. The maximum atomic E-state index is 12.9. The lowest BCUT2D eigenvalue weighted by atomic mass is 9.98. The van der Waals surface area contributed by atoms with Gasteiger partial charge in [0.15, 0.2) is 0 Å². The smallest absolute Gasteiger partial charge is 0.323 e. The molecule has 0 aliphatic carbocycles. The zero-order chi connectivity index (χ0) is 24.6. The molecule has 1 fully saturated rings. The number of hydrogen-bond acceptors (Lipinski definition) is 4. The molecule has 1 heterocycles. The second kappa shape index (κ2) is 16.9. The Kier molecular flexibility index (Phi) is 14.2. The van der Waals surface area contributed by atoms with Crippen LogP contribution in [-0.2, 0) is 9.59 Å². The van der Waals surface area contributed by atoms with Crippen molar-refractivity contribution in [2.24, 2.45) is 0 Å². The maximum absolute atomic E-state index is 12.9. The fourth-order valence-corrected chi connectivity index (χ4v) is 5.75. The van der Waals surface area contributed by atoms with Crippen molar-refractivity contribution < 1.29 is 14.7 Å². The molecule has 1 amide bonds. The van der Waals surface area contributed by atoms with Crippen LogP contribution in [0.4, 0.5) is 0 Å². The first-order chi connectivity index (χ1) is 16.5. The molecule has 0 radical (unpaired) electrons. The van der Waals surface area contributed by atoms with E-state index in [0.717, 1.165) is 30.4 Å². The van der Waals surface area contributed by atoms with Gasteiger partial charge < -0.3 is 5.11 Å². The van der Waals surface area contributed by atoms with Gasteiger partial charge in [-0.3, -0.25) is 14.5 Å². The summed E-state index contributed by atoms with van der Waals surface area (Å²) in [6, 6.07) is 9.94. The minimum Gasteiger partial charge on any atom is -0.480 e. The Morgan fingerprint density at radius 3 is 1.85 bits per heavy atom. The van der Waals surface area contributed by atoms with Gasteiger partial charge >= 0.3 is 5.97 Å². The number of carboxylic acids is 1. The standard InChI is InChI=1S/C28H41NO3S2/c1-2-3-4-5-6-7-8-9-10-11-12-13-14-18-21-24(23-19-16-15-17-20-23)26-27(32)29(22-25(30)31)28(33)34-26/h15-17,19-20H,2-14,18,21-22H2,1H3,(H,30,31)/b26-24+. The van der Waals surface area contributed by atoms with E-state index in [9.17, 15) is 9.59 Å². The van der Waals surface area contributed by atoms with Crippen molar-refractivity contribution in [3.63, 3.8) is 0 Å². The minimum absolute atomic E-state index is 0.276. The third-order valence-electron chi connectivity index (χ3n) is 6.32. The number of aliphatic carboxylic acids is 1. The van der Waals surface area contributed by atoms with Crippen LogP contribution in [0.3, 0.4) is 0 Å². The molecule has 2 rings (SSSR count).